The van der Waals surface area contributed by atoms with Gasteiger partial charge >= 0.3 is 0 Å². The number of nitrogens with zero attached hydrogens (tertiary/aromatic N) is 1. The summed E-state index contributed by atoms with van der Waals surface area (Å²) in [6.07, 6.45) is 0. The van der Waals surface area contributed by atoms with Gasteiger partial charge in [0.2, 0.25) is 5.88 Å². The maximum absolute atomic E-state index is 11.4. The number of H-pyrrole nitrogens is 1. The average molecular weight is 331 g/mol. The number of aromatic amines is 1. The topological polar surface area (TPSA) is 55.0 Å². The minimum absolute atomic E-state index is 0.232. The lowest BCUT2D eigenvalue weighted by Gasteiger charge is -2.09. The third kappa shape index (κ3) is 2.44. The molecular formula is C15H11BrN2O2. The fourth-order valence-corrected chi connectivity index (χ4v) is 2.58. The van der Waals surface area contributed by atoms with Crippen LogP contribution in [0.1, 0.15) is 5.82 Å². The number of halogens is 1. The number of benzene rings is 2. The van der Waals surface area contributed by atoms with E-state index in [4.69, 9.17) is 4.74 Å². The fraction of sp³-hybridized carbons (Fsp3) is 0.0667. The lowest BCUT2D eigenvalue weighted by Crippen LogP contribution is -2.08. The van der Waals surface area contributed by atoms with E-state index in [-0.39, 0.29) is 11.4 Å². The van der Waals surface area contributed by atoms with Crippen molar-refractivity contribution in [2.24, 2.45) is 0 Å². The van der Waals surface area contributed by atoms with Crippen LogP contribution >= 0.6 is 15.9 Å². The minimum atomic E-state index is -0.232. The number of hydrogen-bond acceptors (Lipinski definition) is 3. The first kappa shape index (κ1) is 12.9. The highest BCUT2D eigenvalue weighted by atomic mass is 79.9. The smallest absolute Gasteiger partial charge is 0.254 e. The molecule has 0 saturated carbocycles. The summed E-state index contributed by atoms with van der Waals surface area (Å²) in [5.41, 5.74) is -0.232. The summed E-state index contributed by atoms with van der Waals surface area (Å²) in [6.45, 7) is 1.71. The molecule has 0 fully saturated rings. The van der Waals surface area contributed by atoms with Crippen molar-refractivity contribution in [3.8, 4) is 11.6 Å². The lowest BCUT2D eigenvalue weighted by molar-refractivity contribution is 0.457. The fourth-order valence-electron chi connectivity index (χ4n) is 2.01. The highest BCUT2D eigenvalue weighted by Gasteiger charge is 2.08. The Morgan fingerprint density at radius 1 is 1.20 bits per heavy atom. The van der Waals surface area contributed by atoms with Crippen LogP contribution in [0.3, 0.4) is 0 Å². The predicted molar refractivity (Wildman–Crippen MR) is 81.3 cm³/mol. The Balaban J connectivity index is 2.06. The van der Waals surface area contributed by atoms with Crippen molar-refractivity contribution >= 4 is 26.7 Å². The number of hydrogen-bond donors (Lipinski definition) is 1. The Morgan fingerprint density at radius 2 is 2.00 bits per heavy atom. The monoisotopic (exact) mass is 330 g/mol. The van der Waals surface area contributed by atoms with Gasteiger partial charge in [0, 0.05) is 0 Å². The van der Waals surface area contributed by atoms with E-state index in [1.54, 1.807) is 6.92 Å². The summed E-state index contributed by atoms with van der Waals surface area (Å²) >= 11 is 3.54. The van der Waals surface area contributed by atoms with Crippen LogP contribution in [0.15, 0.2) is 51.7 Å². The number of fused-ring (bicyclic) bond motifs is 1. The van der Waals surface area contributed by atoms with Crippen LogP contribution in [0.4, 0.5) is 0 Å². The molecule has 1 N–H and O–H groups in total. The minimum Gasteiger partial charge on any atom is -0.438 e. The Labute approximate surface area is 123 Å². The van der Waals surface area contributed by atoms with Gasteiger partial charge in [-0.25, -0.2) is 4.98 Å². The van der Waals surface area contributed by atoms with Gasteiger partial charge in [0.15, 0.2) is 0 Å². The molecule has 0 radical (unpaired) electrons. The van der Waals surface area contributed by atoms with E-state index in [9.17, 15) is 4.79 Å². The number of nitrogens with one attached hydrogen (secondary N) is 1. The SMILES string of the molecule is Cc1nc(Oc2ccc3ccccc3c2Br)cc(=O)[nH]1. The van der Waals surface area contributed by atoms with E-state index in [0.717, 1.165) is 15.2 Å². The largest absolute Gasteiger partial charge is 0.438 e. The number of rotatable bonds is 2. The number of aryl methyl sites for hydroxylation is 1. The van der Waals surface area contributed by atoms with E-state index >= 15 is 0 Å². The average Bonchev–Trinajstić information content (AvgIpc) is 2.41. The highest BCUT2D eigenvalue weighted by molar-refractivity contribution is 9.10. The molecule has 0 saturated heterocycles. The van der Waals surface area contributed by atoms with Crippen molar-refractivity contribution in [1.82, 2.24) is 9.97 Å². The zero-order chi connectivity index (χ0) is 14.1. The maximum atomic E-state index is 11.4. The van der Waals surface area contributed by atoms with Crippen molar-refractivity contribution in [3.05, 3.63) is 63.1 Å². The Bertz CT molecular complexity index is 843. The summed E-state index contributed by atoms with van der Waals surface area (Å²) in [6, 6.07) is 13.1. The van der Waals surface area contributed by atoms with E-state index in [2.05, 4.69) is 25.9 Å². The van der Waals surface area contributed by atoms with Crippen LogP contribution in [0.5, 0.6) is 11.6 Å². The first-order valence-electron chi connectivity index (χ1n) is 6.06. The molecule has 0 aliphatic heterocycles. The van der Waals surface area contributed by atoms with E-state index in [0.29, 0.717) is 11.6 Å². The predicted octanol–water partition coefficient (Wildman–Crippen LogP) is 3.79. The van der Waals surface area contributed by atoms with Crippen LogP contribution in [0, 0.1) is 6.92 Å². The summed E-state index contributed by atoms with van der Waals surface area (Å²) in [5, 5.41) is 2.16. The molecule has 5 heteroatoms. The van der Waals surface area contributed by atoms with Gasteiger partial charge in [-0.05, 0) is 39.7 Å². The molecule has 2 aromatic carbocycles. The third-order valence-electron chi connectivity index (χ3n) is 2.88. The Morgan fingerprint density at radius 3 is 2.80 bits per heavy atom. The van der Waals surface area contributed by atoms with Crippen LogP contribution in [0.25, 0.3) is 10.8 Å². The Hall–Kier alpha value is -2.14. The Kier molecular flexibility index (Phi) is 3.28. The molecule has 0 spiro atoms. The first-order chi connectivity index (χ1) is 9.63. The van der Waals surface area contributed by atoms with Crippen LogP contribution in [0.2, 0.25) is 0 Å². The lowest BCUT2D eigenvalue weighted by atomic mass is 10.1. The highest BCUT2D eigenvalue weighted by Crippen LogP contribution is 2.34. The number of aromatic nitrogens is 2. The third-order valence-corrected chi connectivity index (χ3v) is 3.70. The summed E-state index contributed by atoms with van der Waals surface area (Å²) in [5.74, 6) is 1.42. The second kappa shape index (κ2) is 5.09. The van der Waals surface area contributed by atoms with Gasteiger partial charge in [-0.2, -0.15) is 0 Å². The molecule has 0 atom stereocenters. The summed E-state index contributed by atoms with van der Waals surface area (Å²) in [4.78, 5) is 18.1. The molecular weight excluding hydrogens is 320 g/mol. The van der Waals surface area contributed by atoms with Crippen molar-refractivity contribution in [1.29, 1.82) is 0 Å². The molecule has 0 amide bonds. The van der Waals surface area contributed by atoms with Crippen LogP contribution < -0.4 is 10.3 Å². The molecule has 3 aromatic rings. The van der Waals surface area contributed by atoms with Crippen molar-refractivity contribution in [2.75, 3.05) is 0 Å². The van der Waals surface area contributed by atoms with Gasteiger partial charge in [-0.15, -0.1) is 0 Å². The molecule has 0 aliphatic rings. The van der Waals surface area contributed by atoms with Crippen LogP contribution in [-0.2, 0) is 0 Å². The zero-order valence-electron chi connectivity index (χ0n) is 10.7. The molecule has 100 valence electrons. The molecule has 1 heterocycles. The van der Waals surface area contributed by atoms with E-state index < -0.39 is 0 Å². The summed E-state index contributed by atoms with van der Waals surface area (Å²) in [7, 11) is 0. The van der Waals surface area contributed by atoms with Gasteiger partial charge in [-0.1, -0.05) is 30.3 Å². The van der Waals surface area contributed by atoms with Gasteiger partial charge in [0.05, 0.1) is 10.5 Å². The molecule has 3 rings (SSSR count). The van der Waals surface area contributed by atoms with Gasteiger partial charge < -0.3 is 9.72 Å². The van der Waals surface area contributed by atoms with Gasteiger partial charge in [-0.3, -0.25) is 4.79 Å². The maximum Gasteiger partial charge on any atom is 0.254 e. The van der Waals surface area contributed by atoms with Crippen molar-refractivity contribution in [2.45, 2.75) is 6.92 Å². The van der Waals surface area contributed by atoms with E-state index in [1.807, 2.05) is 36.4 Å². The quantitative estimate of drug-likeness (QED) is 0.777. The van der Waals surface area contributed by atoms with Gasteiger partial charge in [0.1, 0.15) is 11.6 Å². The molecule has 0 aliphatic carbocycles. The first-order valence-corrected chi connectivity index (χ1v) is 6.86. The molecule has 20 heavy (non-hydrogen) atoms. The summed E-state index contributed by atoms with van der Waals surface area (Å²) < 4.78 is 6.54. The standard InChI is InChI=1S/C15H11BrN2O2/c1-9-17-13(19)8-14(18-9)20-12-7-6-10-4-2-3-5-11(10)15(12)16/h2-8H,1H3,(H,17,18,19). The normalized spacial score (nSPS) is 10.7. The molecule has 1 aromatic heterocycles. The van der Waals surface area contributed by atoms with E-state index in [1.165, 1.54) is 6.07 Å². The van der Waals surface area contributed by atoms with Crippen molar-refractivity contribution in [3.63, 3.8) is 0 Å². The van der Waals surface area contributed by atoms with Crippen molar-refractivity contribution < 1.29 is 4.74 Å². The number of ether oxygens (including phenoxy) is 1. The zero-order valence-corrected chi connectivity index (χ0v) is 12.3. The second-order valence-corrected chi connectivity index (χ2v) is 5.16. The van der Waals surface area contributed by atoms with Crippen LogP contribution in [-0.4, -0.2) is 9.97 Å². The molecule has 0 bridgehead atoms. The van der Waals surface area contributed by atoms with Gasteiger partial charge in [0.25, 0.3) is 5.56 Å². The molecule has 4 nitrogen and oxygen atoms in total. The second-order valence-electron chi connectivity index (χ2n) is 4.37. The molecule has 0 unspecified atom stereocenters.